The summed E-state index contributed by atoms with van der Waals surface area (Å²) in [6.07, 6.45) is -2.78. The molecule has 0 fully saturated rings. The Balaban J connectivity index is 2.75. The van der Waals surface area contributed by atoms with Gasteiger partial charge in [0.25, 0.3) is 0 Å². The Labute approximate surface area is 132 Å². The molecule has 24 heavy (non-hydrogen) atoms. The summed E-state index contributed by atoms with van der Waals surface area (Å²) in [5.41, 5.74) is -6.88. The predicted octanol–water partition coefficient (Wildman–Crippen LogP) is 4.44. The largest absolute Gasteiger partial charge is 0.523 e. The van der Waals surface area contributed by atoms with Gasteiger partial charge in [-0.05, 0) is 35.7 Å². The van der Waals surface area contributed by atoms with Crippen LogP contribution >= 0.6 is 0 Å². The van der Waals surface area contributed by atoms with Crippen LogP contribution in [0.5, 0.6) is 0 Å². The molecule has 1 aromatic rings. The van der Waals surface area contributed by atoms with Crippen molar-refractivity contribution in [3.8, 4) is 0 Å². The summed E-state index contributed by atoms with van der Waals surface area (Å²) in [5, 5.41) is 0. The van der Waals surface area contributed by atoms with Gasteiger partial charge in [0.1, 0.15) is 6.67 Å². The molecule has 0 aromatic heterocycles. The van der Waals surface area contributed by atoms with Gasteiger partial charge < -0.3 is 0 Å². The maximum absolute atomic E-state index is 12.6. The van der Waals surface area contributed by atoms with Crippen LogP contribution in [0, 0.1) is 0 Å². The van der Waals surface area contributed by atoms with Crippen LogP contribution in [0.2, 0.25) is 0 Å². The summed E-state index contributed by atoms with van der Waals surface area (Å²) in [6, 6.07) is 2.48. The molecule has 1 rings (SSSR count). The van der Waals surface area contributed by atoms with E-state index in [-0.39, 0.29) is 17.5 Å². The standard InChI is InChI=1S/C13H11F7O3S/c14-8-10-5-9(6-11(7-10)12(15,16)17)3-1-2-4-23-24(21,22)13(18,19)20/h1,3,5-7H,2,4,8H2/b3-1-. The van der Waals surface area contributed by atoms with E-state index < -0.39 is 40.6 Å². The van der Waals surface area contributed by atoms with E-state index in [9.17, 15) is 39.2 Å². The van der Waals surface area contributed by atoms with E-state index in [0.717, 1.165) is 24.3 Å². The van der Waals surface area contributed by atoms with E-state index in [1.54, 1.807) is 0 Å². The fourth-order valence-corrected chi connectivity index (χ4v) is 2.02. The first-order valence-electron chi connectivity index (χ1n) is 6.26. The second-order valence-electron chi connectivity index (χ2n) is 4.51. The summed E-state index contributed by atoms with van der Waals surface area (Å²) >= 11 is 0. The van der Waals surface area contributed by atoms with E-state index in [1.165, 1.54) is 0 Å². The first kappa shape index (κ1) is 20.4. The maximum atomic E-state index is 12.6. The first-order chi connectivity index (χ1) is 10.9. The van der Waals surface area contributed by atoms with Crippen molar-refractivity contribution >= 4 is 16.2 Å². The molecule has 0 saturated heterocycles. The third kappa shape index (κ3) is 5.78. The van der Waals surface area contributed by atoms with E-state index in [0.29, 0.717) is 6.07 Å². The average molecular weight is 380 g/mol. The van der Waals surface area contributed by atoms with Crippen LogP contribution in [0.1, 0.15) is 23.1 Å². The molecule has 0 heterocycles. The van der Waals surface area contributed by atoms with Gasteiger partial charge in [-0.2, -0.15) is 34.8 Å². The van der Waals surface area contributed by atoms with Crippen molar-refractivity contribution in [2.45, 2.75) is 24.8 Å². The summed E-state index contributed by atoms with van der Waals surface area (Å²) in [4.78, 5) is 0. The van der Waals surface area contributed by atoms with Crippen molar-refractivity contribution < 1.29 is 43.3 Å². The summed E-state index contributed by atoms with van der Waals surface area (Å²) in [5.74, 6) is 0. The second-order valence-corrected chi connectivity index (χ2v) is 6.11. The highest BCUT2D eigenvalue weighted by molar-refractivity contribution is 7.87. The Kier molecular flexibility index (Phi) is 6.39. The predicted molar refractivity (Wildman–Crippen MR) is 70.8 cm³/mol. The Bertz CT molecular complexity index is 690. The highest BCUT2D eigenvalue weighted by Gasteiger charge is 2.47. The Morgan fingerprint density at radius 3 is 2.17 bits per heavy atom. The molecule has 0 atom stereocenters. The quantitative estimate of drug-likeness (QED) is 0.317. The van der Waals surface area contributed by atoms with Crippen LogP contribution < -0.4 is 0 Å². The van der Waals surface area contributed by atoms with Crippen molar-refractivity contribution in [2.75, 3.05) is 6.61 Å². The lowest BCUT2D eigenvalue weighted by molar-refractivity contribution is -0.137. The van der Waals surface area contributed by atoms with Crippen molar-refractivity contribution in [1.29, 1.82) is 0 Å². The minimum absolute atomic E-state index is 0.0313. The van der Waals surface area contributed by atoms with Crippen LogP contribution in [0.15, 0.2) is 24.3 Å². The Hall–Kier alpha value is -1.62. The van der Waals surface area contributed by atoms with Crippen LogP contribution in [0.25, 0.3) is 6.08 Å². The monoisotopic (exact) mass is 380 g/mol. The van der Waals surface area contributed by atoms with Gasteiger partial charge in [-0.15, -0.1) is 0 Å². The molecule has 1 aromatic carbocycles. The molecule has 0 unspecified atom stereocenters. The minimum atomic E-state index is -5.71. The summed E-state index contributed by atoms with van der Waals surface area (Å²) < 4.78 is 111. The third-order valence-electron chi connectivity index (χ3n) is 2.61. The normalized spacial score (nSPS) is 13.6. The highest BCUT2D eigenvalue weighted by Crippen LogP contribution is 2.31. The van der Waals surface area contributed by atoms with Gasteiger partial charge >= 0.3 is 21.8 Å². The van der Waals surface area contributed by atoms with Gasteiger partial charge in [-0.1, -0.05) is 12.2 Å². The van der Waals surface area contributed by atoms with E-state index in [4.69, 9.17) is 0 Å². The van der Waals surface area contributed by atoms with Gasteiger partial charge in [-0.25, -0.2) is 4.39 Å². The van der Waals surface area contributed by atoms with Crippen LogP contribution in [-0.4, -0.2) is 20.5 Å². The molecule has 0 saturated carbocycles. The molecule has 0 amide bonds. The maximum Gasteiger partial charge on any atom is 0.523 e. The van der Waals surface area contributed by atoms with Gasteiger partial charge in [0.2, 0.25) is 0 Å². The van der Waals surface area contributed by atoms with Crippen molar-refractivity contribution in [3.63, 3.8) is 0 Å². The Morgan fingerprint density at radius 2 is 1.67 bits per heavy atom. The molecule has 136 valence electrons. The van der Waals surface area contributed by atoms with Gasteiger partial charge in [0, 0.05) is 0 Å². The van der Waals surface area contributed by atoms with Gasteiger partial charge in [0.05, 0.1) is 12.2 Å². The van der Waals surface area contributed by atoms with E-state index in [2.05, 4.69) is 4.18 Å². The van der Waals surface area contributed by atoms with Crippen molar-refractivity contribution in [1.82, 2.24) is 0 Å². The zero-order valence-corrected chi connectivity index (χ0v) is 12.6. The number of hydrogen-bond donors (Lipinski definition) is 0. The molecule has 0 N–H and O–H groups in total. The van der Waals surface area contributed by atoms with Gasteiger partial charge in [-0.3, -0.25) is 4.18 Å². The van der Waals surface area contributed by atoms with Crippen LogP contribution in [-0.2, 0) is 27.2 Å². The summed E-state index contributed by atoms with van der Waals surface area (Å²) in [6.45, 7) is -1.97. The second kappa shape index (κ2) is 7.51. The molecule has 3 nitrogen and oxygen atoms in total. The SMILES string of the molecule is O=S(=O)(OCC/C=C\c1cc(CF)cc(C(F)(F)F)c1)C(F)(F)F. The number of hydrogen-bond acceptors (Lipinski definition) is 3. The van der Waals surface area contributed by atoms with Crippen molar-refractivity contribution in [2.24, 2.45) is 0 Å². The summed E-state index contributed by atoms with van der Waals surface area (Å²) in [7, 11) is -5.71. The lowest BCUT2D eigenvalue weighted by Crippen LogP contribution is -2.25. The molecular formula is C13H11F7O3S. The van der Waals surface area contributed by atoms with Crippen molar-refractivity contribution in [3.05, 3.63) is 41.0 Å². The average Bonchev–Trinajstić information content (AvgIpc) is 2.44. The number of benzene rings is 1. The molecule has 11 heteroatoms. The molecule has 0 bridgehead atoms. The first-order valence-corrected chi connectivity index (χ1v) is 7.67. The van der Waals surface area contributed by atoms with Gasteiger partial charge in [0.15, 0.2) is 0 Å². The third-order valence-corrected chi connectivity index (χ3v) is 3.66. The topological polar surface area (TPSA) is 43.4 Å². The van der Waals surface area contributed by atoms with Crippen LogP contribution in [0.3, 0.4) is 0 Å². The molecule has 0 aliphatic carbocycles. The zero-order valence-electron chi connectivity index (χ0n) is 11.8. The molecule has 0 spiro atoms. The van der Waals surface area contributed by atoms with E-state index >= 15 is 0 Å². The minimum Gasteiger partial charge on any atom is -0.263 e. The molecule has 0 aliphatic rings. The molecule has 0 aliphatic heterocycles. The zero-order chi connectivity index (χ0) is 18.6. The number of rotatable bonds is 6. The number of alkyl halides is 7. The Morgan fingerprint density at radius 1 is 1.04 bits per heavy atom. The lowest BCUT2D eigenvalue weighted by atomic mass is 10.1. The number of halogens is 7. The fourth-order valence-electron chi connectivity index (χ4n) is 1.57. The lowest BCUT2D eigenvalue weighted by Gasteiger charge is -2.09. The highest BCUT2D eigenvalue weighted by atomic mass is 32.2. The van der Waals surface area contributed by atoms with E-state index in [1.807, 2.05) is 0 Å². The molecular weight excluding hydrogens is 369 g/mol. The fraction of sp³-hybridized carbons (Fsp3) is 0.385. The van der Waals surface area contributed by atoms with Crippen LogP contribution in [0.4, 0.5) is 30.7 Å². The molecule has 0 radical (unpaired) electrons. The smallest absolute Gasteiger partial charge is 0.263 e.